The van der Waals surface area contributed by atoms with Gasteiger partial charge in [0.25, 0.3) is 0 Å². The van der Waals surface area contributed by atoms with Crippen molar-refractivity contribution in [2.75, 3.05) is 0 Å². The van der Waals surface area contributed by atoms with Crippen LogP contribution in [0.15, 0.2) is 24.3 Å². The third kappa shape index (κ3) is 2.45. The Morgan fingerprint density at radius 3 is 2.82 bits per heavy atom. The predicted molar refractivity (Wildman–Crippen MR) is 56.4 cm³/mol. The summed E-state index contributed by atoms with van der Waals surface area (Å²) < 4.78 is 1.25. The minimum atomic E-state index is 0.199. The molecule has 0 aliphatic rings. The first kappa shape index (κ1) is 9.00. The first-order chi connectivity index (χ1) is 5.24. The molecule has 1 aromatic rings. The van der Waals surface area contributed by atoms with Crippen LogP contribution in [0.2, 0.25) is 0 Å². The molecule has 0 aromatic heterocycles. The lowest BCUT2D eigenvalue weighted by atomic mass is 10.1. The third-order valence-corrected chi connectivity index (χ3v) is 2.39. The van der Waals surface area contributed by atoms with Crippen molar-refractivity contribution >= 4 is 22.6 Å². The molecule has 0 heterocycles. The fourth-order valence-electron chi connectivity index (χ4n) is 0.973. The second-order valence-electron chi connectivity index (χ2n) is 2.57. The summed E-state index contributed by atoms with van der Waals surface area (Å²) in [6.07, 6.45) is 1.00. The van der Waals surface area contributed by atoms with Crippen molar-refractivity contribution in [2.45, 2.75) is 19.4 Å². The van der Waals surface area contributed by atoms with Crippen LogP contribution in [0.1, 0.15) is 24.9 Å². The van der Waals surface area contributed by atoms with E-state index in [0.29, 0.717) is 0 Å². The quantitative estimate of drug-likeness (QED) is 0.814. The van der Waals surface area contributed by atoms with Gasteiger partial charge in [0, 0.05) is 9.61 Å². The molecule has 0 aliphatic carbocycles. The predicted octanol–water partition coefficient (Wildman–Crippen LogP) is 2.70. The van der Waals surface area contributed by atoms with Crippen molar-refractivity contribution in [1.29, 1.82) is 0 Å². The van der Waals surface area contributed by atoms with Crippen LogP contribution in [0.3, 0.4) is 0 Å². The molecule has 1 rings (SSSR count). The average Bonchev–Trinajstić information content (AvgIpc) is 2.03. The number of hydrogen-bond donors (Lipinski definition) is 1. The molecule has 1 nitrogen and oxygen atoms in total. The molecule has 0 aliphatic heterocycles. The Hall–Kier alpha value is -0.0900. The zero-order valence-electron chi connectivity index (χ0n) is 6.55. The van der Waals surface area contributed by atoms with Crippen molar-refractivity contribution in [3.05, 3.63) is 33.4 Å². The Morgan fingerprint density at radius 2 is 2.27 bits per heavy atom. The maximum Gasteiger partial charge on any atom is 0.0292 e. The summed E-state index contributed by atoms with van der Waals surface area (Å²) in [5, 5.41) is 0. The summed E-state index contributed by atoms with van der Waals surface area (Å²) in [6, 6.07) is 8.54. The zero-order valence-corrected chi connectivity index (χ0v) is 8.71. The molecule has 11 heavy (non-hydrogen) atoms. The van der Waals surface area contributed by atoms with E-state index in [2.05, 4.69) is 47.7 Å². The number of rotatable bonds is 2. The van der Waals surface area contributed by atoms with Gasteiger partial charge >= 0.3 is 0 Å². The van der Waals surface area contributed by atoms with Gasteiger partial charge in [-0.2, -0.15) is 0 Å². The molecule has 0 fully saturated rings. The van der Waals surface area contributed by atoms with E-state index in [9.17, 15) is 0 Å². The molecule has 60 valence electrons. The van der Waals surface area contributed by atoms with Gasteiger partial charge in [0.05, 0.1) is 0 Å². The summed E-state index contributed by atoms with van der Waals surface area (Å²) in [7, 11) is 0. The molecule has 1 aromatic carbocycles. The van der Waals surface area contributed by atoms with Gasteiger partial charge in [0.2, 0.25) is 0 Å². The lowest BCUT2D eigenvalue weighted by Crippen LogP contribution is -2.08. The van der Waals surface area contributed by atoms with E-state index in [1.54, 1.807) is 0 Å². The molecule has 0 saturated carbocycles. The van der Waals surface area contributed by atoms with Crippen LogP contribution < -0.4 is 5.73 Å². The first-order valence-corrected chi connectivity index (χ1v) is 4.83. The van der Waals surface area contributed by atoms with E-state index in [0.717, 1.165) is 6.42 Å². The van der Waals surface area contributed by atoms with Crippen molar-refractivity contribution in [3.8, 4) is 0 Å². The molecule has 2 N–H and O–H groups in total. The first-order valence-electron chi connectivity index (χ1n) is 3.75. The highest BCUT2D eigenvalue weighted by Gasteiger charge is 2.01. The number of nitrogens with two attached hydrogens (primary N) is 1. The standard InChI is InChI=1S/C9H12IN/c1-2-9(11)7-4-3-5-8(10)6-7/h3-6,9H,2,11H2,1H3/t9-/m0/s1. The monoisotopic (exact) mass is 261 g/mol. The highest BCUT2D eigenvalue weighted by molar-refractivity contribution is 14.1. The van der Waals surface area contributed by atoms with Crippen LogP contribution in [-0.2, 0) is 0 Å². The smallest absolute Gasteiger partial charge is 0.0292 e. The SMILES string of the molecule is CC[C@H](N)c1cccc(I)c1. The summed E-state index contributed by atoms with van der Waals surface area (Å²) >= 11 is 2.30. The minimum absolute atomic E-state index is 0.199. The molecule has 0 radical (unpaired) electrons. The van der Waals surface area contributed by atoms with Crippen molar-refractivity contribution in [2.24, 2.45) is 5.73 Å². The van der Waals surface area contributed by atoms with Crippen LogP contribution in [0.4, 0.5) is 0 Å². The number of halogens is 1. The topological polar surface area (TPSA) is 26.0 Å². The molecule has 0 spiro atoms. The Kier molecular flexibility index (Phi) is 3.33. The van der Waals surface area contributed by atoms with Crippen LogP contribution in [0, 0.1) is 3.57 Å². The van der Waals surface area contributed by atoms with Gasteiger partial charge in [0.1, 0.15) is 0 Å². The molecular weight excluding hydrogens is 249 g/mol. The van der Waals surface area contributed by atoms with Gasteiger partial charge < -0.3 is 5.73 Å². The highest BCUT2D eigenvalue weighted by Crippen LogP contribution is 2.15. The minimum Gasteiger partial charge on any atom is -0.324 e. The van der Waals surface area contributed by atoms with E-state index in [-0.39, 0.29) is 6.04 Å². The summed E-state index contributed by atoms with van der Waals surface area (Å²) in [5.74, 6) is 0. The normalized spacial score (nSPS) is 13.0. The maximum absolute atomic E-state index is 5.86. The number of hydrogen-bond acceptors (Lipinski definition) is 1. The van der Waals surface area contributed by atoms with E-state index in [1.807, 2.05) is 6.07 Å². The van der Waals surface area contributed by atoms with Gasteiger partial charge in [0.15, 0.2) is 0 Å². The Morgan fingerprint density at radius 1 is 1.55 bits per heavy atom. The van der Waals surface area contributed by atoms with Crippen LogP contribution in [0.25, 0.3) is 0 Å². The zero-order chi connectivity index (χ0) is 8.27. The fourth-order valence-corrected chi connectivity index (χ4v) is 1.54. The number of benzene rings is 1. The largest absolute Gasteiger partial charge is 0.324 e. The van der Waals surface area contributed by atoms with E-state index in [1.165, 1.54) is 9.13 Å². The Labute approximate surface area is 81.1 Å². The van der Waals surface area contributed by atoms with Crippen LogP contribution >= 0.6 is 22.6 Å². The van der Waals surface area contributed by atoms with Crippen molar-refractivity contribution in [1.82, 2.24) is 0 Å². The lowest BCUT2D eigenvalue weighted by molar-refractivity contribution is 0.698. The average molecular weight is 261 g/mol. The summed E-state index contributed by atoms with van der Waals surface area (Å²) in [5.41, 5.74) is 7.10. The van der Waals surface area contributed by atoms with Crippen molar-refractivity contribution in [3.63, 3.8) is 0 Å². The second-order valence-corrected chi connectivity index (χ2v) is 3.82. The molecular formula is C9H12IN. The fraction of sp³-hybridized carbons (Fsp3) is 0.333. The Balaban J connectivity index is 2.86. The lowest BCUT2D eigenvalue weighted by Gasteiger charge is -2.08. The van der Waals surface area contributed by atoms with Gasteiger partial charge in [-0.05, 0) is 46.7 Å². The molecule has 0 unspecified atom stereocenters. The van der Waals surface area contributed by atoms with E-state index >= 15 is 0 Å². The van der Waals surface area contributed by atoms with Crippen LogP contribution in [0.5, 0.6) is 0 Å². The van der Waals surface area contributed by atoms with Crippen LogP contribution in [-0.4, -0.2) is 0 Å². The summed E-state index contributed by atoms with van der Waals surface area (Å²) in [6.45, 7) is 2.10. The van der Waals surface area contributed by atoms with Gasteiger partial charge in [-0.1, -0.05) is 19.1 Å². The highest BCUT2D eigenvalue weighted by atomic mass is 127. The van der Waals surface area contributed by atoms with Gasteiger partial charge in [-0.15, -0.1) is 0 Å². The van der Waals surface area contributed by atoms with Crippen molar-refractivity contribution < 1.29 is 0 Å². The van der Waals surface area contributed by atoms with E-state index < -0.39 is 0 Å². The molecule has 2 heteroatoms. The van der Waals surface area contributed by atoms with Gasteiger partial charge in [-0.25, -0.2) is 0 Å². The Bertz CT molecular complexity index is 235. The van der Waals surface area contributed by atoms with E-state index in [4.69, 9.17) is 5.73 Å². The second kappa shape index (κ2) is 4.07. The van der Waals surface area contributed by atoms with Gasteiger partial charge in [-0.3, -0.25) is 0 Å². The molecule has 1 atom stereocenters. The molecule has 0 saturated heterocycles. The third-order valence-electron chi connectivity index (χ3n) is 1.72. The summed E-state index contributed by atoms with van der Waals surface area (Å²) in [4.78, 5) is 0. The molecule has 0 amide bonds. The molecule has 0 bridgehead atoms. The maximum atomic E-state index is 5.86.